The normalized spacial score (nSPS) is 21.5. The first-order chi connectivity index (χ1) is 12.3. The van der Waals surface area contributed by atoms with Gasteiger partial charge in [0.15, 0.2) is 5.96 Å². The fourth-order valence-corrected chi connectivity index (χ4v) is 3.07. The highest BCUT2D eigenvalue weighted by molar-refractivity contribution is 5.80. The van der Waals surface area contributed by atoms with Crippen LogP contribution in [-0.2, 0) is 6.54 Å². The molecule has 26 heavy (non-hydrogen) atoms. The van der Waals surface area contributed by atoms with Gasteiger partial charge >= 0.3 is 6.61 Å². The summed E-state index contributed by atoms with van der Waals surface area (Å²) in [6.07, 6.45) is 0. The highest BCUT2D eigenvalue weighted by atomic mass is 19.3. The van der Waals surface area contributed by atoms with Gasteiger partial charge in [0, 0.05) is 44.3 Å². The molecule has 0 aromatic heterocycles. The van der Waals surface area contributed by atoms with Crippen LogP contribution >= 0.6 is 0 Å². The predicted molar refractivity (Wildman–Crippen MR) is 96.0 cm³/mol. The highest BCUT2D eigenvalue weighted by Gasteiger charge is 2.31. The Morgan fingerprint density at radius 2 is 2.08 bits per heavy atom. The maximum Gasteiger partial charge on any atom is 0.387 e. The SMILES string of the molecule is CN=C(NCc1c(F)cccc1OC(F)F)NC1CN(C(C)C)CC1C. The van der Waals surface area contributed by atoms with Gasteiger partial charge in [-0.3, -0.25) is 9.89 Å². The molecule has 2 atom stereocenters. The standard InChI is InChI=1S/C18H27F3N4O/c1-11(2)25-9-12(3)15(10-25)24-18(22-4)23-8-13-14(19)6-5-7-16(13)26-17(20)21/h5-7,11-12,15,17H,8-10H2,1-4H3,(H2,22,23,24). The van der Waals surface area contributed by atoms with Gasteiger partial charge in [-0.05, 0) is 31.9 Å². The van der Waals surface area contributed by atoms with Crippen molar-refractivity contribution in [2.75, 3.05) is 20.1 Å². The molecule has 2 rings (SSSR count). The van der Waals surface area contributed by atoms with Crippen LogP contribution in [0.3, 0.4) is 0 Å². The van der Waals surface area contributed by atoms with Crippen molar-refractivity contribution < 1.29 is 17.9 Å². The molecule has 1 aliphatic rings. The number of aliphatic imine (C=N–C) groups is 1. The lowest BCUT2D eigenvalue weighted by Gasteiger charge is -2.22. The lowest BCUT2D eigenvalue weighted by Crippen LogP contribution is -2.46. The van der Waals surface area contributed by atoms with Gasteiger partial charge in [-0.1, -0.05) is 13.0 Å². The number of halogens is 3. The number of ether oxygens (including phenoxy) is 1. The Labute approximate surface area is 152 Å². The Balaban J connectivity index is 2.00. The lowest BCUT2D eigenvalue weighted by atomic mass is 10.1. The van der Waals surface area contributed by atoms with Crippen LogP contribution in [0.5, 0.6) is 5.75 Å². The zero-order chi connectivity index (χ0) is 19.3. The zero-order valence-electron chi connectivity index (χ0n) is 15.6. The molecule has 2 unspecified atom stereocenters. The van der Waals surface area contributed by atoms with E-state index in [4.69, 9.17) is 0 Å². The van der Waals surface area contributed by atoms with E-state index in [9.17, 15) is 13.2 Å². The van der Waals surface area contributed by atoms with Gasteiger partial charge in [-0.25, -0.2) is 4.39 Å². The number of rotatable bonds is 6. The summed E-state index contributed by atoms with van der Waals surface area (Å²) in [7, 11) is 1.62. The first kappa shape index (κ1) is 20.4. The third-order valence-corrected chi connectivity index (χ3v) is 4.64. The van der Waals surface area contributed by atoms with E-state index in [1.807, 2.05) is 0 Å². The second kappa shape index (κ2) is 9.12. The van der Waals surface area contributed by atoms with Crippen molar-refractivity contribution in [3.8, 4) is 5.75 Å². The van der Waals surface area contributed by atoms with Crippen molar-refractivity contribution in [1.29, 1.82) is 0 Å². The molecule has 1 heterocycles. The Hall–Kier alpha value is -1.96. The number of guanidine groups is 1. The molecule has 0 spiro atoms. The van der Waals surface area contributed by atoms with E-state index in [1.54, 1.807) is 7.05 Å². The number of hydrogen-bond donors (Lipinski definition) is 2. The molecule has 1 aromatic rings. The Kier molecular flexibility index (Phi) is 7.14. The quantitative estimate of drug-likeness (QED) is 0.596. The van der Waals surface area contributed by atoms with Crippen LogP contribution in [0.2, 0.25) is 0 Å². The summed E-state index contributed by atoms with van der Waals surface area (Å²) in [6, 6.07) is 4.55. The maximum absolute atomic E-state index is 14.0. The molecule has 1 aliphatic heterocycles. The highest BCUT2D eigenvalue weighted by Crippen LogP contribution is 2.23. The van der Waals surface area contributed by atoms with E-state index in [-0.39, 0.29) is 23.9 Å². The minimum absolute atomic E-state index is 0.0105. The molecule has 0 bridgehead atoms. The molecule has 0 aliphatic carbocycles. The summed E-state index contributed by atoms with van der Waals surface area (Å²) < 4.78 is 43.4. The Bertz CT molecular complexity index is 624. The number of likely N-dealkylation sites (tertiary alicyclic amines) is 1. The van der Waals surface area contributed by atoms with Gasteiger partial charge in [-0.15, -0.1) is 0 Å². The monoisotopic (exact) mass is 372 g/mol. The Morgan fingerprint density at radius 3 is 2.65 bits per heavy atom. The summed E-state index contributed by atoms with van der Waals surface area (Å²) in [5.74, 6) is 0.148. The lowest BCUT2D eigenvalue weighted by molar-refractivity contribution is -0.0506. The van der Waals surface area contributed by atoms with Crippen LogP contribution in [-0.4, -0.2) is 49.7 Å². The first-order valence-corrected chi connectivity index (χ1v) is 8.75. The van der Waals surface area contributed by atoms with E-state index in [0.717, 1.165) is 13.1 Å². The molecule has 0 radical (unpaired) electrons. The summed E-state index contributed by atoms with van der Waals surface area (Å²) in [5, 5.41) is 6.32. The van der Waals surface area contributed by atoms with Gasteiger partial charge in [0.05, 0.1) is 0 Å². The second-order valence-corrected chi connectivity index (χ2v) is 6.80. The van der Waals surface area contributed by atoms with E-state index < -0.39 is 12.4 Å². The molecule has 1 aromatic carbocycles. The van der Waals surface area contributed by atoms with E-state index >= 15 is 0 Å². The minimum Gasteiger partial charge on any atom is -0.434 e. The average molecular weight is 372 g/mol. The topological polar surface area (TPSA) is 48.9 Å². The minimum atomic E-state index is -3.01. The molecular weight excluding hydrogens is 345 g/mol. The van der Waals surface area contributed by atoms with Crippen LogP contribution in [0.15, 0.2) is 23.2 Å². The number of hydrogen-bond acceptors (Lipinski definition) is 3. The molecular formula is C18H27F3N4O. The fourth-order valence-electron chi connectivity index (χ4n) is 3.07. The zero-order valence-corrected chi connectivity index (χ0v) is 15.6. The molecule has 146 valence electrons. The third-order valence-electron chi connectivity index (χ3n) is 4.64. The van der Waals surface area contributed by atoms with Crippen LogP contribution in [0, 0.1) is 11.7 Å². The number of alkyl halides is 2. The van der Waals surface area contributed by atoms with Crippen molar-refractivity contribution in [2.24, 2.45) is 10.9 Å². The number of benzene rings is 1. The molecule has 5 nitrogen and oxygen atoms in total. The van der Waals surface area contributed by atoms with Crippen molar-refractivity contribution in [3.05, 3.63) is 29.6 Å². The molecule has 1 saturated heterocycles. The first-order valence-electron chi connectivity index (χ1n) is 8.75. The fraction of sp³-hybridized carbons (Fsp3) is 0.611. The number of nitrogens with zero attached hydrogens (tertiary/aromatic N) is 2. The van der Waals surface area contributed by atoms with E-state index in [1.165, 1.54) is 18.2 Å². The number of nitrogens with one attached hydrogen (secondary N) is 2. The van der Waals surface area contributed by atoms with Gasteiger partial charge < -0.3 is 15.4 Å². The largest absolute Gasteiger partial charge is 0.434 e. The van der Waals surface area contributed by atoms with Gasteiger partial charge in [0.2, 0.25) is 0 Å². The van der Waals surface area contributed by atoms with Crippen molar-refractivity contribution in [1.82, 2.24) is 15.5 Å². The van der Waals surface area contributed by atoms with Gasteiger partial charge in [-0.2, -0.15) is 8.78 Å². The second-order valence-electron chi connectivity index (χ2n) is 6.80. The predicted octanol–water partition coefficient (Wildman–Crippen LogP) is 2.82. The van der Waals surface area contributed by atoms with Crippen molar-refractivity contribution in [2.45, 2.75) is 46.0 Å². The molecule has 8 heteroatoms. The van der Waals surface area contributed by atoms with E-state index in [0.29, 0.717) is 17.9 Å². The molecule has 0 saturated carbocycles. The van der Waals surface area contributed by atoms with Crippen LogP contribution in [0.25, 0.3) is 0 Å². The summed E-state index contributed by atoms with van der Waals surface area (Å²) in [5.41, 5.74) is 0.0408. The van der Waals surface area contributed by atoms with Gasteiger partial charge in [0.25, 0.3) is 0 Å². The van der Waals surface area contributed by atoms with Crippen LogP contribution in [0.4, 0.5) is 13.2 Å². The Morgan fingerprint density at radius 1 is 1.35 bits per heavy atom. The third kappa shape index (κ3) is 5.27. The summed E-state index contributed by atoms with van der Waals surface area (Å²) in [6.45, 7) is 5.34. The van der Waals surface area contributed by atoms with Crippen LogP contribution in [0.1, 0.15) is 26.3 Å². The van der Waals surface area contributed by atoms with Crippen molar-refractivity contribution in [3.63, 3.8) is 0 Å². The van der Waals surface area contributed by atoms with E-state index in [2.05, 4.69) is 46.0 Å². The summed E-state index contributed by atoms with van der Waals surface area (Å²) in [4.78, 5) is 6.53. The maximum atomic E-state index is 14.0. The van der Waals surface area contributed by atoms with Crippen LogP contribution < -0.4 is 15.4 Å². The molecule has 2 N–H and O–H groups in total. The smallest absolute Gasteiger partial charge is 0.387 e. The average Bonchev–Trinajstić information content (AvgIpc) is 2.93. The van der Waals surface area contributed by atoms with Crippen molar-refractivity contribution >= 4 is 5.96 Å². The summed E-state index contributed by atoms with van der Waals surface area (Å²) >= 11 is 0. The molecule has 1 fully saturated rings. The van der Waals surface area contributed by atoms with Gasteiger partial charge in [0.1, 0.15) is 11.6 Å². The molecule has 0 amide bonds.